The van der Waals surface area contributed by atoms with Crippen LogP contribution in [0.4, 0.5) is 0 Å². The maximum atomic E-state index is 11.6. The molecule has 150 valence electrons. The predicted molar refractivity (Wildman–Crippen MR) is 105 cm³/mol. The van der Waals surface area contributed by atoms with Crippen molar-refractivity contribution in [2.75, 3.05) is 28.2 Å². The number of rotatable bonds is 5. The molecule has 0 saturated heterocycles. The van der Waals surface area contributed by atoms with Crippen LogP contribution in [0.3, 0.4) is 0 Å². The molecule has 0 heterocycles. The van der Waals surface area contributed by atoms with E-state index in [0.717, 1.165) is 8.61 Å². The molecule has 0 aliphatic rings. The smallest absolute Gasteiger partial charge is 0.242 e. The first kappa shape index (κ1) is 23.5. The summed E-state index contributed by atoms with van der Waals surface area (Å²) in [7, 11) is -0.908. The highest BCUT2D eigenvalue weighted by molar-refractivity contribution is 7.89. The van der Waals surface area contributed by atoms with Crippen LogP contribution in [0.15, 0.2) is 58.3 Å². The minimum Gasteiger partial charge on any atom is -0.298 e. The fourth-order valence-corrected chi connectivity index (χ4v) is 3.64. The van der Waals surface area contributed by atoms with Gasteiger partial charge < -0.3 is 0 Å². The highest BCUT2D eigenvalue weighted by atomic mass is 32.2. The Kier molecular flexibility index (Phi) is 8.01. The van der Waals surface area contributed by atoms with Crippen LogP contribution in [0, 0.1) is 11.3 Å². The Labute approximate surface area is 165 Å². The average Bonchev–Trinajstić information content (AvgIpc) is 2.68. The Hall–Kier alpha value is -2.58. The van der Waals surface area contributed by atoms with Gasteiger partial charge in [0.1, 0.15) is 6.29 Å². The monoisotopic (exact) mass is 423 g/mol. The molecule has 2 aromatic rings. The second-order valence-corrected chi connectivity index (χ2v) is 10.2. The first-order valence-corrected chi connectivity index (χ1v) is 10.7. The molecule has 0 saturated carbocycles. The number of sulfonamides is 2. The first-order chi connectivity index (χ1) is 13.0. The average molecular weight is 424 g/mol. The molecule has 0 aromatic heterocycles. The van der Waals surface area contributed by atoms with Crippen LogP contribution in [0.5, 0.6) is 0 Å². The van der Waals surface area contributed by atoms with Gasteiger partial charge >= 0.3 is 0 Å². The number of benzene rings is 2. The molecule has 2 rings (SSSR count). The number of aldehydes is 1. The zero-order chi connectivity index (χ0) is 21.5. The number of hydrogen-bond donors (Lipinski definition) is 0. The summed E-state index contributed by atoms with van der Waals surface area (Å²) >= 11 is 0. The quantitative estimate of drug-likeness (QED) is 0.674. The van der Waals surface area contributed by atoms with Crippen LogP contribution in [-0.2, 0) is 20.0 Å². The molecule has 28 heavy (non-hydrogen) atoms. The highest BCUT2D eigenvalue weighted by Gasteiger charge is 2.17. The summed E-state index contributed by atoms with van der Waals surface area (Å²) in [6.07, 6.45) is 0.673. The van der Waals surface area contributed by atoms with Crippen molar-refractivity contribution in [3.05, 3.63) is 59.7 Å². The molecule has 0 radical (unpaired) electrons. The molecule has 10 heteroatoms. The Bertz CT molecular complexity index is 1050. The Morgan fingerprint density at radius 2 is 1.11 bits per heavy atom. The lowest BCUT2D eigenvalue weighted by Gasteiger charge is -2.10. The van der Waals surface area contributed by atoms with Crippen LogP contribution in [0.2, 0.25) is 0 Å². The van der Waals surface area contributed by atoms with Crippen molar-refractivity contribution >= 4 is 26.3 Å². The van der Waals surface area contributed by atoms with E-state index in [0.29, 0.717) is 17.4 Å². The van der Waals surface area contributed by atoms with Gasteiger partial charge in [0, 0.05) is 33.8 Å². The summed E-state index contributed by atoms with van der Waals surface area (Å²) in [4.78, 5) is 10.7. The van der Waals surface area contributed by atoms with Crippen LogP contribution in [0.1, 0.15) is 15.9 Å². The lowest BCUT2D eigenvalue weighted by molar-refractivity contribution is 0.112. The van der Waals surface area contributed by atoms with E-state index < -0.39 is 20.0 Å². The van der Waals surface area contributed by atoms with Gasteiger partial charge in [0.25, 0.3) is 0 Å². The van der Waals surface area contributed by atoms with E-state index in [1.165, 1.54) is 76.7 Å². The summed E-state index contributed by atoms with van der Waals surface area (Å²) in [5, 5.41) is 8.53. The largest absolute Gasteiger partial charge is 0.298 e. The third-order valence-electron chi connectivity index (χ3n) is 3.56. The van der Waals surface area contributed by atoms with Crippen molar-refractivity contribution in [1.29, 1.82) is 5.26 Å². The topological polar surface area (TPSA) is 116 Å². The molecular formula is C18H21N3O5S2. The van der Waals surface area contributed by atoms with Crippen molar-refractivity contribution in [3.63, 3.8) is 0 Å². The number of carbonyl (C=O) groups is 1. The molecule has 0 amide bonds. The van der Waals surface area contributed by atoms with Crippen molar-refractivity contribution in [2.45, 2.75) is 9.79 Å². The van der Waals surface area contributed by atoms with Crippen LogP contribution < -0.4 is 0 Å². The predicted octanol–water partition coefficient (Wildman–Crippen LogP) is 1.56. The highest BCUT2D eigenvalue weighted by Crippen LogP contribution is 2.14. The Morgan fingerprint density at radius 1 is 0.750 bits per heavy atom. The number of hydrogen-bond acceptors (Lipinski definition) is 6. The normalized spacial score (nSPS) is 11.5. The van der Waals surface area contributed by atoms with Crippen molar-refractivity contribution < 1.29 is 21.6 Å². The van der Waals surface area contributed by atoms with E-state index in [1.54, 1.807) is 0 Å². The molecule has 0 unspecified atom stereocenters. The molecule has 0 atom stereocenters. The van der Waals surface area contributed by atoms with Gasteiger partial charge in [-0.25, -0.2) is 25.4 Å². The third-order valence-corrected chi connectivity index (χ3v) is 7.22. The van der Waals surface area contributed by atoms with E-state index in [-0.39, 0.29) is 9.79 Å². The lowest BCUT2D eigenvalue weighted by atomic mass is 10.2. The van der Waals surface area contributed by atoms with E-state index in [1.807, 2.05) is 6.07 Å². The van der Waals surface area contributed by atoms with E-state index in [9.17, 15) is 21.6 Å². The van der Waals surface area contributed by atoms with Crippen molar-refractivity contribution in [3.8, 4) is 6.07 Å². The summed E-state index contributed by atoms with van der Waals surface area (Å²) in [5.41, 5.74) is 0.908. The maximum Gasteiger partial charge on any atom is 0.242 e. The van der Waals surface area contributed by atoms with Crippen molar-refractivity contribution in [2.24, 2.45) is 0 Å². The minimum absolute atomic E-state index is 0.188. The van der Waals surface area contributed by atoms with Crippen molar-refractivity contribution in [1.82, 2.24) is 8.61 Å². The van der Waals surface area contributed by atoms with E-state index in [2.05, 4.69) is 0 Å². The fraction of sp³-hybridized carbons (Fsp3) is 0.222. The number of nitrogens with zero attached hydrogens (tertiary/aromatic N) is 3. The summed E-state index contributed by atoms with van der Waals surface area (Å²) in [5.74, 6) is 0. The molecule has 0 N–H and O–H groups in total. The van der Waals surface area contributed by atoms with E-state index in [4.69, 9.17) is 5.26 Å². The molecule has 2 aromatic carbocycles. The lowest BCUT2D eigenvalue weighted by Crippen LogP contribution is -2.22. The summed E-state index contributed by atoms with van der Waals surface area (Å²) < 4.78 is 48.5. The number of nitriles is 1. The Morgan fingerprint density at radius 3 is 1.39 bits per heavy atom. The minimum atomic E-state index is -3.38. The van der Waals surface area contributed by atoms with E-state index >= 15 is 0 Å². The zero-order valence-corrected chi connectivity index (χ0v) is 17.5. The Balaban J connectivity index is 0.000000280. The SMILES string of the molecule is CN(C)S(=O)(=O)c1ccc(C#N)cc1.CN(C)S(=O)(=O)c1ccc(C=O)cc1. The third kappa shape index (κ3) is 5.71. The molecule has 0 fully saturated rings. The molecular weight excluding hydrogens is 402 g/mol. The van der Waals surface area contributed by atoms with Gasteiger partial charge in [-0.15, -0.1) is 0 Å². The van der Waals surface area contributed by atoms with Crippen LogP contribution >= 0.6 is 0 Å². The summed E-state index contributed by atoms with van der Waals surface area (Å²) in [6, 6.07) is 13.5. The molecule has 0 aliphatic carbocycles. The van der Waals surface area contributed by atoms with Crippen LogP contribution in [-0.4, -0.2) is 59.9 Å². The van der Waals surface area contributed by atoms with Gasteiger partial charge in [-0.3, -0.25) is 4.79 Å². The second-order valence-electron chi connectivity index (χ2n) is 5.90. The van der Waals surface area contributed by atoms with Gasteiger partial charge in [0.15, 0.2) is 0 Å². The first-order valence-electron chi connectivity index (χ1n) is 7.87. The van der Waals surface area contributed by atoms with Gasteiger partial charge in [0.2, 0.25) is 20.0 Å². The number of carbonyl (C=O) groups excluding carboxylic acids is 1. The van der Waals surface area contributed by atoms with Gasteiger partial charge in [-0.05, 0) is 36.4 Å². The molecule has 8 nitrogen and oxygen atoms in total. The zero-order valence-electron chi connectivity index (χ0n) is 15.9. The maximum absolute atomic E-state index is 11.6. The fourth-order valence-electron chi connectivity index (χ4n) is 1.84. The van der Waals surface area contributed by atoms with Gasteiger partial charge in [-0.1, -0.05) is 12.1 Å². The van der Waals surface area contributed by atoms with Gasteiger partial charge in [-0.2, -0.15) is 5.26 Å². The molecule has 0 spiro atoms. The standard InChI is InChI=1S/C9H10N2O2S.C9H11NO3S/c1-11(2)14(12,13)9-5-3-8(7-10)4-6-9;1-10(2)14(12,13)9-5-3-8(7-11)4-6-9/h3-6H,1-2H3;3-7H,1-2H3. The van der Waals surface area contributed by atoms with Gasteiger partial charge in [0.05, 0.1) is 21.4 Å². The molecule has 0 bridgehead atoms. The second kappa shape index (κ2) is 9.57. The van der Waals surface area contributed by atoms with Crippen LogP contribution in [0.25, 0.3) is 0 Å². The molecule has 0 aliphatic heterocycles. The summed E-state index contributed by atoms with van der Waals surface area (Å²) in [6.45, 7) is 0.